The fraction of sp³-hybridized carbons (Fsp3) is 0.438. The monoisotopic (exact) mass is 368 g/mol. The van der Waals surface area contributed by atoms with Gasteiger partial charge in [0.05, 0.1) is 12.8 Å². The summed E-state index contributed by atoms with van der Waals surface area (Å²) >= 11 is 1.44. The average molecular weight is 368 g/mol. The van der Waals surface area contributed by atoms with Gasteiger partial charge in [0.25, 0.3) is 0 Å². The van der Waals surface area contributed by atoms with Crippen molar-refractivity contribution in [1.82, 2.24) is 4.98 Å². The summed E-state index contributed by atoms with van der Waals surface area (Å²) in [6.07, 6.45) is 4.21. The zero-order chi connectivity index (χ0) is 17.0. The summed E-state index contributed by atoms with van der Waals surface area (Å²) in [4.78, 5) is 5.60. The minimum absolute atomic E-state index is 0.0761. The second-order valence-electron chi connectivity index (χ2n) is 5.54. The van der Waals surface area contributed by atoms with Crippen LogP contribution >= 0.6 is 11.3 Å². The van der Waals surface area contributed by atoms with E-state index in [1.165, 1.54) is 16.2 Å². The lowest BCUT2D eigenvalue weighted by Gasteiger charge is -2.08. The van der Waals surface area contributed by atoms with Crippen LogP contribution in [0.1, 0.15) is 23.4 Å². The molecule has 0 aliphatic heterocycles. The Morgan fingerprint density at radius 2 is 1.88 bits per heavy atom. The average Bonchev–Trinajstić information content (AvgIpc) is 2.96. The van der Waals surface area contributed by atoms with Crippen LogP contribution in [-0.2, 0) is 22.9 Å². The van der Waals surface area contributed by atoms with Crippen LogP contribution in [-0.4, -0.2) is 32.9 Å². The van der Waals surface area contributed by atoms with E-state index in [9.17, 15) is 8.42 Å². The Labute approximate surface area is 145 Å². The maximum atomic E-state index is 12.2. The molecule has 24 heavy (non-hydrogen) atoms. The number of fused-ring (bicyclic) bond motifs is 1. The van der Waals surface area contributed by atoms with Crippen molar-refractivity contribution in [2.24, 2.45) is 0 Å². The smallest absolute Gasteiger partial charge is 0.237 e. The molecule has 0 amide bonds. The number of ether oxygens (including phenoxy) is 2. The highest BCUT2D eigenvalue weighted by molar-refractivity contribution is 7.92. The molecule has 0 radical (unpaired) electrons. The molecule has 0 saturated carbocycles. The Morgan fingerprint density at radius 3 is 2.58 bits per heavy atom. The molecule has 1 heterocycles. The summed E-state index contributed by atoms with van der Waals surface area (Å²) in [5, 5.41) is 0.464. The van der Waals surface area contributed by atoms with E-state index in [0.29, 0.717) is 10.9 Å². The van der Waals surface area contributed by atoms with Crippen LogP contribution in [0.5, 0.6) is 11.5 Å². The van der Waals surface area contributed by atoms with Gasteiger partial charge in [0.1, 0.15) is 23.9 Å². The number of sulfonamides is 1. The first kappa shape index (κ1) is 17.0. The number of aryl methyl sites for hydroxylation is 2. The van der Waals surface area contributed by atoms with Crippen molar-refractivity contribution in [3.63, 3.8) is 0 Å². The molecule has 1 aromatic heterocycles. The van der Waals surface area contributed by atoms with Gasteiger partial charge in [-0.2, -0.15) is 0 Å². The van der Waals surface area contributed by atoms with E-state index < -0.39 is 10.0 Å². The number of aromatic nitrogens is 1. The second-order valence-corrected chi connectivity index (χ2v) is 8.47. The van der Waals surface area contributed by atoms with Crippen molar-refractivity contribution < 1.29 is 17.9 Å². The second kappa shape index (κ2) is 7.40. The minimum Gasteiger partial charge on any atom is -0.497 e. The molecule has 1 aromatic carbocycles. The van der Waals surface area contributed by atoms with Crippen LogP contribution in [0.15, 0.2) is 24.3 Å². The summed E-state index contributed by atoms with van der Waals surface area (Å²) in [5.41, 5.74) is 1.04. The van der Waals surface area contributed by atoms with Gasteiger partial charge in [-0.3, -0.25) is 4.72 Å². The summed E-state index contributed by atoms with van der Waals surface area (Å²) < 4.78 is 37.4. The zero-order valence-corrected chi connectivity index (χ0v) is 15.1. The summed E-state index contributed by atoms with van der Waals surface area (Å²) in [5.74, 6) is 1.21. The lowest BCUT2D eigenvalue weighted by molar-refractivity contribution is 0.340. The number of rotatable bonds is 7. The number of nitrogens with one attached hydrogen (secondary N) is 1. The number of hydrogen-bond acceptors (Lipinski definition) is 6. The van der Waals surface area contributed by atoms with Crippen LogP contribution in [0.4, 0.5) is 5.13 Å². The number of thiazole rings is 1. The third kappa shape index (κ3) is 4.39. The van der Waals surface area contributed by atoms with E-state index in [4.69, 9.17) is 9.47 Å². The molecule has 0 atom stereocenters. The van der Waals surface area contributed by atoms with Gasteiger partial charge in [-0.25, -0.2) is 13.4 Å². The van der Waals surface area contributed by atoms with E-state index in [1.807, 2.05) is 0 Å². The fourth-order valence-electron chi connectivity index (χ4n) is 2.52. The number of benzene rings is 1. The van der Waals surface area contributed by atoms with Gasteiger partial charge in [-0.05, 0) is 49.9 Å². The van der Waals surface area contributed by atoms with Crippen LogP contribution in [0, 0.1) is 0 Å². The van der Waals surface area contributed by atoms with Crippen molar-refractivity contribution in [3.8, 4) is 11.5 Å². The molecule has 0 unspecified atom stereocenters. The molecule has 2 aromatic rings. The maximum absolute atomic E-state index is 12.2. The van der Waals surface area contributed by atoms with Gasteiger partial charge < -0.3 is 9.47 Å². The van der Waals surface area contributed by atoms with Crippen LogP contribution in [0.25, 0.3) is 0 Å². The van der Waals surface area contributed by atoms with E-state index in [-0.39, 0.29) is 12.4 Å². The molecule has 130 valence electrons. The largest absolute Gasteiger partial charge is 0.497 e. The minimum atomic E-state index is -3.47. The van der Waals surface area contributed by atoms with Gasteiger partial charge in [0.15, 0.2) is 5.13 Å². The van der Waals surface area contributed by atoms with Gasteiger partial charge in [-0.1, -0.05) is 0 Å². The normalized spacial score (nSPS) is 14.0. The third-order valence-corrected chi connectivity index (χ3v) is 6.18. The van der Waals surface area contributed by atoms with Crippen molar-refractivity contribution >= 4 is 26.5 Å². The van der Waals surface area contributed by atoms with Crippen molar-refractivity contribution in [2.45, 2.75) is 25.7 Å². The van der Waals surface area contributed by atoms with Crippen molar-refractivity contribution in [1.29, 1.82) is 0 Å². The standard InChI is InChI=1S/C16H20N2O4S2/c1-21-12-6-8-13(9-7-12)22-10-11-24(19,20)18-16-17-14-4-2-3-5-15(14)23-16/h6-9H,2-5,10-11H2,1H3,(H,17,18). The van der Waals surface area contributed by atoms with Crippen LogP contribution < -0.4 is 14.2 Å². The van der Waals surface area contributed by atoms with Gasteiger partial charge in [0.2, 0.25) is 10.0 Å². The molecule has 6 nitrogen and oxygen atoms in total. The molecule has 3 rings (SSSR count). The maximum Gasteiger partial charge on any atom is 0.237 e. The summed E-state index contributed by atoms with van der Waals surface area (Å²) in [6.45, 7) is 0.0761. The Balaban J connectivity index is 1.52. The van der Waals surface area contributed by atoms with Crippen molar-refractivity contribution in [2.75, 3.05) is 24.2 Å². The highest BCUT2D eigenvalue weighted by Gasteiger charge is 2.18. The number of nitrogens with zero attached hydrogens (tertiary/aromatic N) is 1. The molecular weight excluding hydrogens is 348 g/mol. The van der Waals surface area contributed by atoms with Gasteiger partial charge >= 0.3 is 0 Å². The van der Waals surface area contributed by atoms with E-state index in [2.05, 4.69) is 9.71 Å². The quantitative estimate of drug-likeness (QED) is 0.813. The molecule has 1 aliphatic rings. The lowest BCUT2D eigenvalue weighted by atomic mass is 10.0. The number of hydrogen-bond donors (Lipinski definition) is 1. The summed E-state index contributed by atoms with van der Waals surface area (Å²) in [6, 6.07) is 7.02. The zero-order valence-electron chi connectivity index (χ0n) is 13.4. The summed E-state index contributed by atoms with van der Waals surface area (Å²) in [7, 11) is -1.88. The van der Waals surface area contributed by atoms with Crippen LogP contribution in [0.2, 0.25) is 0 Å². The molecule has 1 N–H and O–H groups in total. The molecule has 8 heteroatoms. The van der Waals surface area contributed by atoms with E-state index in [0.717, 1.165) is 37.1 Å². The number of anilines is 1. The van der Waals surface area contributed by atoms with Gasteiger partial charge in [-0.15, -0.1) is 11.3 Å². The van der Waals surface area contributed by atoms with E-state index >= 15 is 0 Å². The Hall–Kier alpha value is -1.80. The Morgan fingerprint density at radius 1 is 1.17 bits per heavy atom. The predicted octanol–water partition coefficient (Wildman–Crippen LogP) is 2.85. The first-order valence-corrected chi connectivity index (χ1v) is 10.3. The van der Waals surface area contributed by atoms with E-state index in [1.54, 1.807) is 31.4 Å². The Bertz CT molecular complexity index is 761. The van der Waals surface area contributed by atoms with Gasteiger partial charge in [0, 0.05) is 4.88 Å². The highest BCUT2D eigenvalue weighted by Crippen LogP contribution is 2.30. The van der Waals surface area contributed by atoms with Crippen molar-refractivity contribution in [3.05, 3.63) is 34.8 Å². The molecule has 0 fully saturated rings. The molecule has 0 saturated heterocycles. The SMILES string of the molecule is COc1ccc(OCCS(=O)(=O)Nc2nc3c(s2)CCCC3)cc1. The first-order valence-electron chi connectivity index (χ1n) is 7.82. The molecule has 1 aliphatic carbocycles. The first-order chi connectivity index (χ1) is 11.6. The molecular formula is C16H20N2O4S2. The lowest BCUT2D eigenvalue weighted by Crippen LogP contribution is -2.21. The number of methoxy groups -OCH3 is 1. The fourth-order valence-corrected chi connectivity index (χ4v) is 4.69. The molecule has 0 bridgehead atoms. The molecule has 0 spiro atoms. The highest BCUT2D eigenvalue weighted by atomic mass is 32.2. The van der Waals surface area contributed by atoms with Crippen LogP contribution in [0.3, 0.4) is 0 Å². The third-order valence-electron chi connectivity index (χ3n) is 3.77. The Kier molecular flexibility index (Phi) is 5.25. The topological polar surface area (TPSA) is 77.5 Å². The predicted molar refractivity (Wildman–Crippen MR) is 94.7 cm³/mol.